The fourth-order valence-electron chi connectivity index (χ4n) is 2.40. The van der Waals surface area contributed by atoms with Crippen molar-refractivity contribution >= 4 is 5.97 Å². The lowest BCUT2D eigenvalue weighted by Crippen LogP contribution is -3.00. The molecule has 2 rings (SSSR count). The van der Waals surface area contributed by atoms with Gasteiger partial charge in [0.2, 0.25) is 0 Å². The van der Waals surface area contributed by atoms with E-state index in [1.54, 1.807) is 25.3 Å². The second-order valence-electron chi connectivity index (χ2n) is 5.20. The quantitative estimate of drug-likeness (QED) is 0.591. The van der Waals surface area contributed by atoms with Gasteiger partial charge in [-0.25, -0.2) is 4.79 Å². The smallest absolute Gasteiger partial charge is 0.338 e. The summed E-state index contributed by atoms with van der Waals surface area (Å²) in [5.41, 5.74) is 0.450. The van der Waals surface area contributed by atoms with Gasteiger partial charge in [-0.2, -0.15) is 0 Å². The summed E-state index contributed by atoms with van der Waals surface area (Å²) in [5, 5.41) is 0. The first-order valence-electron chi connectivity index (χ1n) is 7.37. The summed E-state index contributed by atoms with van der Waals surface area (Å²) >= 11 is 0. The minimum absolute atomic E-state index is 0. The summed E-state index contributed by atoms with van der Waals surface area (Å²) in [4.78, 5) is 14.4. The van der Waals surface area contributed by atoms with Crippen LogP contribution in [0.1, 0.15) is 17.3 Å². The molecule has 6 nitrogen and oxygen atoms in total. The number of esters is 1. The number of nitrogens with zero attached hydrogens (tertiary/aromatic N) is 1. The van der Waals surface area contributed by atoms with Crippen molar-refractivity contribution in [2.45, 2.75) is 13.0 Å². The minimum atomic E-state index is -0.360. The molecule has 1 saturated heterocycles. The molecule has 1 unspecified atom stereocenters. The molecule has 23 heavy (non-hydrogen) atoms. The molecule has 1 aromatic rings. The van der Waals surface area contributed by atoms with E-state index >= 15 is 0 Å². The molecule has 1 aliphatic heterocycles. The third-order valence-corrected chi connectivity index (χ3v) is 3.55. The highest BCUT2D eigenvalue weighted by atomic mass is 35.5. The molecule has 1 aromatic carbocycles. The lowest BCUT2D eigenvalue weighted by Gasteiger charge is -2.28. The van der Waals surface area contributed by atoms with Gasteiger partial charge in [0.05, 0.1) is 33.0 Å². The van der Waals surface area contributed by atoms with Crippen molar-refractivity contribution in [3.05, 3.63) is 23.8 Å². The fraction of sp³-hybridized carbons (Fsp3) is 0.562. The van der Waals surface area contributed by atoms with Crippen LogP contribution in [-0.2, 0) is 9.47 Å². The summed E-state index contributed by atoms with van der Waals surface area (Å²) in [6.45, 7) is 5.82. The molecule has 0 aromatic heterocycles. The van der Waals surface area contributed by atoms with Gasteiger partial charge >= 0.3 is 5.97 Å². The number of halogens is 1. The summed E-state index contributed by atoms with van der Waals surface area (Å²) in [6, 6.07) is 5.00. The Hall–Kier alpha value is -1.50. The van der Waals surface area contributed by atoms with Crippen LogP contribution in [0.2, 0.25) is 0 Å². The van der Waals surface area contributed by atoms with E-state index in [0.29, 0.717) is 23.6 Å². The van der Waals surface area contributed by atoms with Crippen molar-refractivity contribution in [2.24, 2.45) is 0 Å². The van der Waals surface area contributed by atoms with E-state index in [1.807, 2.05) is 6.92 Å². The summed E-state index contributed by atoms with van der Waals surface area (Å²) in [5.74, 6) is 0.736. The fourth-order valence-corrected chi connectivity index (χ4v) is 2.40. The molecular weight excluding hydrogens is 322 g/mol. The van der Waals surface area contributed by atoms with E-state index in [2.05, 4.69) is 4.90 Å². The van der Waals surface area contributed by atoms with Gasteiger partial charge in [-0.1, -0.05) is 0 Å². The predicted octanol–water partition coefficient (Wildman–Crippen LogP) is -1.41. The van der Waals surface area contributed by atoms with E-state index < -0.39 is 0 Å². The van der Waals surface area contributed by atoms with Gasteiger partial charge in [0.25, 0.3) is 0 Å². The summed E-state index contributed by atoms with van der Waals surface area (Å²) in [6.07, 6.45) is -0.182. The molecule has 1 fully saturated rings. The van der Waals surface area contributed by atoms with Crippen LogP contribution < -0.4 is 21.9 Å². The van der Waals surface area contributed by atoms with Crippen molar-refractivity contribution in [1.29, 1.82) is 0 Å². The molecule has 0 aliphatic carbocycles. The Bertz CT molecular complexity index is 505. The number of carbonyl (C=O) groups is 1. The Balaban J connectivity index is 0.00000264. The Morgan fingerprint density at radius 1 is 1.22 bits per heavy atom. The second kappa shape index (κ2) is 9.60. The number of methoxy groups -OCH3 is 2. The molecule has 0 amide bonds. The van der Waals surface area contributed by atoms with Crippen molar-refractivity contribution < 1.29 is 36.1 Å². The summed E-state index contributed by atoms with van der Waals surface area (Å²) < 4.78 is 21.2. The van der Waals surface area contributed by atoms with Gasteiger partial charge < -0.3 is 31.4 Å². The molecule has 0 N–H and O–H groups in total. The van der Waals surface area contributed by atoms with Gasteiger partial charge in [-0.15, -0.1) is 0 Å². The number of ether oxygens (including phenoxy) is 4. The molecule has 0 spiro atoms. The maximum atomic E-state index is 12.2. The molecule has 1 aliphatic rings. The molecule has 0 bridgehead atoms. The predicted molar refractivity (Wildman–Crippen MR) is 81.7 cm³/mol. The van der Waals surface area contributed by atoms with Crippen LogP contribution in [0.25, 0.3) is 0 Å². The van der Waals surface area contributed by atoms with Gasteiger partial charge in [0.1, 0.15) is 6.10 Å². The van der Waals surface area contributed by atoms with Crippen LogP contribution in [0.5, 0.6) is 11.5 Å². The topological polar surface area (TPSA) is 57.2 Å². The van der Waals surface area contributed by atoms with Crippen molar-refractivity contribution in [3.63, 3.8) is 0 Å². The Morgan fingerprint density at radius 2 is 1.87 bits per heavy atom. The normalized spacial score (nSPS) is 16.1. The third-order valence-electron chi connectivity index (χ3n) is 3.55. The Morgan fingerprint density at radius 3 is 2.48 bits per heavy atom. The number of morpholine rings is 1. The van der Waals surface area contributed by atoms with Crippen LogP contribution in [0, 0.1) is 0 Å². The largest absolute Gasteiger partial charge is 1.00 e. The van der Waals surface area contributed by atoms with Crippen molar-refractivity contribution in [2.75, 3.05) is 47.1 Å². The van der Waals surface area contributed by atoms with Crippen LogP contribution in [-0.4, -0.2) is 64.0 Å². The molecule has 1 atom stereocenters. The Labute approximate surface area is 143 Å². The molecule has 130 valence electrons. The first kappa shape index (κ1) is 19.5. The highest BCUT2D eigenvalue weighted by Gasteiger charge is 2.18. The molecule has 7 heteroatoms. The van der Waals surface area contributed by atoms with E-state index in [-0.39, 0.29) is 24.5 Å². The van der Waals surface area contributed by atoms with Gasteiger partial charge in [0, 0.05) is 19.6 Å². The van der Waals surface area contributed by atoms with E-state index in [9.17, 15) is 4.79 Å². The average Bonchev–Trinajstić information content (AvgIpc) is 2.54. The van der Waals surface area contributed by atoms with E-state index in [0.717, 1.165) is 26.3 Å². The zero-order chi connectivity index (χ0) is 15.9. The second-order valence-corrected chi connectivity index (χ2v) is 5.20. The lowest BCUT2D eigenvalue weighted by molar-refractivity contribution is -0.000652. The molecular formula is C16H23ClNO5-. The minimum Gasteiger partial charge on any atom is -1.00 e. The number of hydrogen-bond acceptors (Lipinski definition) is 6. The zero-order valence-corrected chi connectivity index (χ0v) is 14.5. The lowest BCUT2D eigenvalue weighted by atomic mass is 10.2. The summed E-state index contributed by atoms with van der Waals surface area (Å²) in [7, 11) is 3.09. The van der Waals surface area contributed by atoms with Crippen LogP contribution in [0.4, 0.5) is 0 Å². The SMILES string of the molecule is COc1ccc(C(=O)OC(C)CN2CCOCC2)cc1OC.[Cl-]. The molecule has 0 radical (unpaired) electrons. The maximum absolute atomic E-state index is 12.2. The van der Waals surface area contributed by atoms with Gasteiger partial charge in [-0.3, -0.25) is 4.90 Å². The van der Waals surface area contributed by atoms with Crippen LogP contribution >= 0.6 is 0 Å². The number of benzene rings is 1. The highest BCUT2D eigenvalue weighted by Crippen LogP contribution is 2.27. The van der Waals surface area contributed by atoms with Crippen molar-refractivity contribution in [1.82, 2.24) is 4.90 Å². The highest BCUT2D eigenvalue weighted by molar-refractivity contribution is 5.90. The van der Waals surface area contributed by atoms with Crippen LogP contribution in [0.3, 0.4) is 0 Å². The Kier molecular flexibility index (Phi) is 8.16. The first-order valence-corrected chi connectivity index (χ1v) is 7.37. The van der Waals surface area contributed by atoms with Crippen LogP contribution in [0.15, 0.2) is 18.2 Å². The van der Waals surface area contributed by atoms with E-state index in [4.69, 9.17) is 18.9 Å². The van der Waals surface area contributed by atoms with Gasteiger partial charge in [0.15, 0.2) is 11.5 Å². The molecule has 1 heterocycles. The third kappa shape index (κ3) is 5.57. The van der Waals surface area contributed by atoms with E-state index in [1.165, 1.54) is 7.11 Å². The molecule has 0 saturated carbocycles. The van der Waals surface area contributed by atoms with Crippen molar-refractivity contribution in [3.8, 4) is 11.5 Å². The van der Waals surface area contributed by atoms with Gasteiger partial charge in [-0.05, 0) is 25.1 Å². The number of rotatable bonds is 6. The number of hydrogen-bond donors (Lipinski definition) is 0. The maximum Gasteiger partial charge on any atom is 0.338 e. The standard InChI is InChI=1S/C16H23NO5.ClH/c1-12(11-17-6-8-21-9-7-17)22-16(18)13-4-5-14(19-2)15(10-13)20-3;/h4-5,10,12H,6-9,11H2,1-3H3;1H/p-1. The monoisotopic (exact) mass is 344 g/mol. The number of carbonyl (C=O) groups excluding carboxylic acids is 1. The first-order chi connectivity index (χ1) is 10.6. The average molecular weight is 345 g/mol. The zero-order valence-electron chi connectivity index (χ0n) is 13.7.